The quantitative estimate of drug-likeness (QED) is 0.491. The van der Waals surface area contributed by atoms with E-state index >= 15 is 0 Å². The first-order valence-corrected chi connectivity index (χ1v) is 9.70. The van der Waals surface area contributed by atoms with E-state index in [4.69, 9.17) is 23.2 Å². The second-order valence-electron chi connectivity index (χ2n) is 6.90. The lowest BCUT2D eigenvalue weighted by molar-refractivity contribution is 0.739. The molecule has 0 spiro atoms. The van der Waals surface area contributed by atoms with Gasteiger partial charge in [-0.1, -0.05) is 29.3 Å². The topological polar surface area (TPSA) is 87.2 Å². The molecule has 0 aliphatic heterocycles. The van der Waals surface area contributed by atoms with Crippen LogP contribution in [-0.4, -0.2) is 40.4 Å². The Balaban J connectivity index is 1.74. The van der Waals surface area contributed by atoms with E-state index in [1.807, 2.05) is 32.0 Å². The normalized spacial score (nSPS) is 11.2. The summed E-state index contributed by atoms with van der Waals surface area (Å²) in [5, 5.41) is 25.3. The summed E-state index contributed by atoms with van der Waals surface area (Å²) in [7, 11) is 0. The van der Waals surface area contributed by atoms with Crippen molar-refractivity contribution in [3.8, 4) is 11.4 Å². The van der Waals surface area contributed by atoms with E-state index < -0.39 is 0 Å². The smallest absolute Gasteiger partial charge is 0.164 e. The van der Waals surface area contributed by atoms with Crippen LogP contribution in [0.15, 0.2) is 24.3 Å². The molecule has 4 rings (SSSR count). The van der Waals surface area contributed by atoms with E-state index in [2.05, 4.69) is 44.9 Å². The molecule has 0 fully saturated rings. The Bertz CT molecular complexity index is 1210. The zero-order valence-corrected chi connectivity index (χ0v) is 17.9. The summed E-state index contributed by atoms with van der Waals surface area (Å²) in [6, 6.07) is 7.82. The Morgan fingerprint density at radius 3 is 2.14 bits per heavy atom. The maximum absolute atomic E-state index is 6.55. The molecule has 29 heavy (non-hydrogen) atoms. The van der Waals surface area contributed by atoms with Gasteiger partial charge in [-0.25, -0.2) is 0 Å². The van der Waals surface area contributed by atoms with E-state index in [-0.39, 0.29) is 0 Å². The molecule has 8 nitrogen and oxygen atoms in total. The van der Waals surface area contributed by atoms with Gasteiger partial charge in [0.25, 0.3) is 0 Å². The maximum Gasteiger partial charge on any atom is 0.164 e. The molecule has 0 aliphatic rings. The molecule has 2 heterocycles. The number of aryl methyl sites for hydroxylation is 2. The van der Waals surface area contributed by atoms with E-state index in [0.717, 1.165) is 22.4 Å². The first kappa shape index (κ1) is 19.5. The lowest BCUT2D eigenvalue weighted by Crippen LogP contribution is -2.10. The van der Waals surface area contributed by atoms with Crippen LogP contribution < -0.4 is 0 Å². The van der Waals surface area contributed by atoms with Crippen molar-refractivity contribution in [2.45, 2.75) is 34.1 Å². The Morgan fingerprint density at radius 1 is 0.793 bits per heavy atom. The average molecular weight is 429 g/mol. The summed E-state index contributed by atoms with van der Waals surface area (Å²) < 4.78 is 3.25. The highest BCUT2D eigenvalue weighted by molar-refractivity contribution is 6.35. The van der Waals surface area contributed by atoms with E-state index in [9.17, 15) is 0 Å². The van der Waals surface area contributed by atoms with Crippen LogP contribution in [0.25, 0.3) is 11.4 Å². The van der Waals surface area contributed by atoms with Crippen molar-refractivity contribution in [2.24, 2.45) is 0 Å². The second kappa shape index (κ2) is 7.53. The highest BCUT2D eigenvalue weighted by Gasteiger charge is 2.19. The third kappa shape index (κ3) is 3.49. The van der Waals surface area contributed by atoms with Crippen molar-refractivity contribution in [3.63, 3.8) is 0 Å². The number of tetrazole rings is 2. The zero-order valence-electron chi connectivity index (χ0n) is 16.4. The first-order chi connectivity index (χ1) is 13.9. The fourth-order valence-electron chi connectivity index (χ4n) is 3.00. The average Bonchev–Trinajstić information content (AvgIpc) is 3.35. The first-order valence-electron chi connectivity index (χ1n) is 8.94. The lowest BCUT2D eigenvalue weighted by Gasteiger charge is -2.12. The highest BCUT2D eigenvalue weighted by atomic mass is 35.5. The van der Waals surface area contributed by atoms with Gasteiger partial charge in [0.1, 0.15) is 0 Å². The molecule has 0 radical (unpaired) electrons. The maximum atomic E-state index is 6.55. The number of aromatic nitrogens is 8. The van der Waals surface area contributed by atoms with E-state index in [1.54, 1.807) is 15.4 Å². The molecule has 148 valence electrons. The van der Waals surface area contributed by atoms with Gasteiger partial charge in [-0.3, -0.25) is 0 Å². The fourth-order valence-corrected chi connectivity index (χ4v) is 3.52. The van der Waals surface area contributed by atoms with Crippen LogP contribution in [-0.2, 0) is 6.42 Å². The molecule has 0 saturated carbocycles. The van der Waals surface area contributed by atoms with Crippen LogP contribution in [0.5, 0.6) is 0 Å². The standard InChI is InChI=1S/C19H18Cl2N8/c1-10-5-6-14(7-11(10)2)28-17(22-24-26-28)9-18-23-25-27-29(18)16-8-15(20)12(3)13(4)19(16)21/h5-8H,9H2,1-4H3. The van der Waals surface area contributed by atoms with E-state index in [0.29, 0.717) is 33.8 Å². The van der Waals surface area contributed by atoms with Crippen LogP contribution in [0.2, 0.25) is 10.0 Å². The van der Waals surface area contributed by atoms with Crippen molar-refractivity contribution >= 4 is 23.2 Å². The summed E-state index contributed by atoms with van der Waals surface area (Å²) in [6.45, 7) is 7.95. The highest BCUT2D eigenvalue weighted by Crippen LogP contribution is 2.32. The van der Waals surface area contributed by atoms with Gasteiger partial charge in [-0.15, -0.1) is 10.2 Å². The number of halogens is 2. The lowest BCUT2D eigenvalue weighted by atomic mass is 10.1. The molecule has 0 unspecified atom stereocenters. The summed E-state index contributed by atoms with van der Waals surface area (Å²) in [4.78, 5) is 0. The number of hydrogen-bond acceptors (Lipinski definition) is 6. The van der Waals surface area contributed by atoms with Crippen LogP contribution >= 0.6 is 23.2 Å². The summed E-state index contributed by atoms with van der Waals surface area (Å²) in [5.74, 6) is 1.15. The third-order valence-corrected chi connectivity index (χ3v) is 5.96. The fraction of sp³-hybridized carbons (Fsp3) is 0.263. The number of benzene rings is 2. The van der Waals surface area contributed by atoms with Crippen molar-refractivity contribution < 1.29 is 0 Å². The van der Waals surface area contributed by atoms with Crippen molar-refractivity contribution in [3.05, 3.63) is 68.2 Å². The molecule has 0 bridgehead atoms. The minimum atomic E-state index is 0.313. The van der Waals surface area contributed by atoms with Crippen LogP contribution in [0.4, 0.5) is 0 Å². The van der Waals surface area contributed by atoms with Crippen molar-refractivity contribution in [1.29, 1.82) is 0 Å². The van der Waals surface area contributed by atoms with Crippen LogP contribution in [0.3, 0.4) is 0 Å². The molecule has 0 N–H and O–H groups in total. The number of hydrogen-bond donors (Lipinski definition) is 0. The van der Waals surface area contributed by atoms with Gasteiger partial charge in [0.15, 0.2) is 11.6 Å². The molecule has 0 aliphatic carbocycles. The molecular weight excluding hydrogens is 411 g/mol. The molecule has 10 heteroatoms. The molecule has 0 amide bonds. The van der Waals surface area contributed by atoms with Crippen LogP contribution in [0, 0.1) is 27.7 Å². The SMILES string of the molecule is Cc1ccc(-n2nnnc2Cc2nnnn2-c2cc(Cl)c(C)c(C)c2Cl)cc1C. The molecule has 0 saturated heterocycles. The predicted octanol–water partition coefficient (Wildman–Crippen LogP) is 3.77. The Morgan fingerprint density at radius 2 is 1.45 bits per heavy atom. The summed E-state index contributed by atoms with van der Waals surface area (Å²) >= 11 is 12.9. The monoisotopic (exact) mass is 428 g/mol. The number of nitrogens with zero attached hydrogens (tertiary/aromatic N) is 8. The summed E-state index contributed by atoms with van der Waals surface area (Å²) in [6.07, 6.45) is 0.313. The van der Waals surface area contributed by atoms with Gasteiger partial charge in [0, 0.05) is 5.02 Å². The number of rotatable bonds is 4. The molecule has 2 aromatic heterocycles. The Hall–Kier alpha value is -2.84. The third-order valence-electron chi connectivity index (χ3n) is 5.09. The van der Waals surface area contributed by atoms with Crippen molar-refractivity contribution in [2.75, 3.05) is 0 Å². The largest absolute Gasteiger partial charge is 0.197 e. The van der Waals surface area contributed by atoms with Crippen LogP contribution in [0.1, 0.15) is 33.9 Å². The van der Waals surface area contributed by atoms with Gasteiger partial charge >= 0.3 is 0 Å². The molecular formula is C19H18Cl2N8. The minimum absolute atomic E-state index is 0.313. The predicted molar refractivity (Wildman–Crippen MR) is 110 cm³/mol. The Kier molecular flexibility index (Phi) is 5.06. The molecule has 4 aromatic rings. The molecule has 0 atom stereocenters. The zero-order chi connectivity index (χ0) is 20.7. The Labute approximate surface area is 177 Å². The summed E-state index contributed by atoms with van der Waals surface area (Å²) in [5.41, 5.74) is 5.66. The van der Waals surface area contributed by atoms with Gasteiger partial charge in [-0.05, 0) is 89.0 Å². The van der Waals surface area contributed by atoms with Gasteiger partial charge in [-0.2, -0.15) is 9.36 Å². The van der Waals surface area contributed by atoms with Crippen molar-refractivity contribution in [1.82, 2.24) is 40.4 Å². The van der Waals surface area contributed by atoms with E-state index in [1.165, 1.54) is 5.56 Å². The van der Waals surface area contributed by atoms with Gasteiger partial charge < -0.3 is 0 Å². The minimum Gasteiger partial charge on any atom is -0.197 e. The second-order valence-corrected chi connectivity index (χ2v) is 7.69. The molecule has 2 aromatic carbocycles. The van der Waals surface area contributed by atoms with Gasteiger partial charge in [0.05, 0.1) is 22.8 Å². The van der Waals surface area contributed by atoms with Gasteiger partial charge in [0.2, 0.25) is 0 Å².